The number of anilines is 1. The van der Waals surface area contributed by atoms with Gasteiger partial charge in [-0.3, -0.25) is 9.59 Å². The highest BCUT2D eigenvalue weighted by atomic mass is 16.4. The van der Waals surface area contributed by atoms with Crippen LogP contribution < -0.4 is 4.90 Å². The molecule has 0 radical (unpaired) electrons. The first-order valence-corrected chi connectivity index (χ1v) is 8.77. The smallest absolute Gasteiger partial charge is 0.308 e. The predicted octanol–water partition coefficient (Wildman–Crippen LogP) is 2.25. The number of carboxylic acid groups (broad SMARTS) is 1. The highest BCUT2D eigenvalue weighted by Crippen LogP contribution is 2.22. The summed E-state index contributed by atoms with van der Waals surface area (Å²) in [5.41, 5.74) is 0.537. The summed E-state index contributed by atoms with van der Waals surface area (Å²) in [4.78, 5) is 32.1. The topological polar surface area (TPSA) is 73.7 Å². The first-order chi connectivity index (χ1) is 11.5. The molecule has 0 saturated carbocycles. The summed E-state index contributed by atoms with van der Waals surface area (Å²) in [6.07, 6.45) is 5.35. The number of nitrogens with zero attached hydrogens (tertiary/aromatic N) is 3. The van der Waals surface area contributed by atoms with Crippen LogP contribution in [-0.2, 0) is 4.79 Å². The van der Waals surface area contributed by atoms with Crippen molar-refractivity contribution in [2.24, 2.45) is 11.8 Å². The predicted molar refractivity (Wildman–Crippen MR) is 91.1 cm³/mol. The minimum Gasteiger partial charge on any atom is -0.481 e. The Bertz CT molecular complexity index is 594. The van der Waals surface area contributed by atoms with Crippen LogP contribution >= 0.6 is 0 Å². The van der Waals surface area contributed by atoms with Crippen LogP contribution in [0, 0.1) is 11.8 Å². The van der Waals surface area contributed by atoms with Gasteiger partial charge in [0.15, 0.2) is 0 Å². The highest BCUT2D eigenvalue weighted by Gasteiger charge is 2.28. The number of aromatic nitrogens is 1. The first-order valence-electron chi connectivity index (χ1n) is 8.77. The molecule has 2 saturated heterocycles. The van der Waals surface area contributed by atoms with E-state index in [1.165, 1.54) is 12.8 Å². The van der Waals surface area contributed by atoms with Crippen molar-refractivity contribution in [3.05, 3.63) is 23.9 Å². The molecule has 24 heavy (non-hydrogen) atoms. The van der Waals surface area contributed by atoms with E-state index in [0.29, 0.717) is 25.1 Å². The van der Waals surface area contributed by atoms with Crippen molar-refractivity contribution in [3.8, 4) is 0 Å². The van der Waals surface area contributed by atoms with Crippen LogP contribution in [-0.4, -0.2) is 53.0 Å². The molecule has 0 aromatic carbocycles. The van der Waals surface area contributed by atoms with Gasteiger partial charge in [-0.2, -0.15) is 0 Å². The molecule has 3 heterocycles. The number of likely N-dealkylation sites (tertiary alicyclic amines) is 1. The summed E-state index contributed by atoms with van der Waals surface area (Å²) in [6, 6.07) is 3.72. The molecule has 6 nitrogen and oxygen atoms in total. The zero-order chi connectivity index (χ0) is 17.1. The molecule has 2 aliphatic rings. The lowest BCUT2D eigenvalue weighted by atomic mass is 9.98. The zero-order valence-corrected chi connectivity index (χ0v) is 14.1. The van der Waals surface area contributed by atoms with Crippen LogP contribution in [0.15, 0.2) is 18.3 Å². The monoisotopic (exact) mass is 331 g/mol. The summed E-state index contributed by atoms with van der Waals surface area (Å²) in [6.45, 7) is 5.20. The number of carbonyl (C=O) groups excluding carboxylic acids is 1. The van der Waals surface area contributed by atoms with Gasteiger partial charge in [0.2, 0.25) is 0 Å². The molecule has 0 bridgehead atoms. The van der Waals surface area contributed by atoms with Crippen LogP contribution in [0.1, 0.15) is 43.0 Å². The lowest BCUT2D eigenvalue weighted by molar-refractivity contribution is -0.143. The van der Waals surface area contributed by atoms with Crippen molar-refractivity contribution >= 4 is 17.7 Å². The fraction of sp³-hybridized carbons (Fsp3) is 0.611. The normalized spacial score (nSPS) is 22.5. The molecule has 2 aliphatic heterocycles. The van der Waals surface area contributed by atoms with Crippen molar-refractivity contribution in [2.45, 2.75) is 32.6 Å². The maximum Gasteiger partial charge on any atom is 0.308 e. The minimum atomic E-state index is -0.819. The van der Waals surface area contributed by atoms with Crippen LogP contribution in [0.25, 0.3) is 0 Å². The number of hydrogen-bond donors (Lipinski definition) is 1. The number of hydrogen-bond acceptors (Lipinski definition) is 4. The molecule has 130 valence electrons. The number of piperidine rings is 2. The van der Waals surface area contributed by atoms with E-state index in [9.17, 15) is 9.59 Å². The van der Waals surface area contributed by atoms with E-state index in [2.05, 4.69) is 16.8 Å². The Morgan fingerprint density at radius 2 is 1.92 bits per heavy atom. The van der Waals surface area contributed by atoms with E-state index in [1.807, 2.05) is 12.1 Å². The highest BCUT2D eigenvalue weighted by molar-refractivity contribution is 5.94. The van der Waals surface area contributed by atoms with Crippen molar-refractivity contribution in [1.82, 2.24) is 9.88 Å². The summed E-state index contributed by atoms with van der Waals surface area (Å²) in [5.74, 6) is 0.293. The van der Waals surface area contributed by atoms with Crippen LogP contribution in [0.3, 0.4) is 0 Å². The molecule has 1 unspecified atom stereocenters. The van der Waals surface area contributed by atoms with Gasteiger partial charge in [-0.05, 0) is 43.7 Å². The molecule has 0 aliphatic carbocycles. The van der Waals surface area contributed by atoms with Crippen LogP contribution in [0.2, 0.25) is 0 Å². The fourth-order valence-corrected chi connectivity index (χ4v) is 3.48. The van der Waals surface area contributed by atoms with Gasteiger partial charge < -0.3 is 14.9 Å². The Morgan fingerprint density at radius 1 is 1.17 bits per heavy atom. The number of aliphatic carboxylic acids is 1. The molecule has 0 spiro atoms. The molecule has 3 rings (SSSR count). The number of carboxylic acids is 1. The van der Waals surface area contributed by atoms with E-state index >= 15 is 0 Å². The molecule has 1 amide bonds. The van der Waals surface area contributed by atoms with E-state index in [0.717, 1.165) is 31.2 Å². The Hall–Kier alpha value is -2.11. The van der Waals surface area contributed by atoms with Crippen molar-refractivity contribution in [3.63, 3.8) is 0 Å². The minimum absolute atomic E-state index is 0.118. The Labute approximate surface area is 142 Å². The fourth-order valence-electron chi connectivity index (χ4n) is 3.48. The van der Waals surface area contributed by atoms with E-state index < -0.39 is 11.9 Å². The average Bonchev–Trinajstić information content (AvgIpc) is 2.62. The van der Waals surface area contributed by atoms with Gasteiger partial charge in [0.1, 0.15) is 5.82 Å². The summed E-state index contributed by atoms with van der Waals surface area (Å²) in [7, 11) is 0. The Kier molecular flexibility index (Phi) is 5.02. The third-order valence-electron chi connectivity index (χ3n) is 5.16. The SMILES string of the molecule is CC1CCN(c2ccc(C(=O)N3CCCC(C(=O)O)C3)cn2)CC1. The van der Waals surface area contributed by atoms with Crippen LogP contribution in [0.4, 0.5) is 5.82 Å². The van der Waals surface area contributed by atoms with Gasteiger partial charge in [-0.1, -0.05) is 6.92 Å². The van der Waals surface area contributed by atoms with E-state index in [-0.39, 0.29) is 5.91 Å². The van der Waals surface area contributed by atoms with E-state index in [4.69, 9.17) is 5.11 Å². The molecular weight excluding hydrogens is 306 g/mol. The average molecular weight is 331 g/mol. The maximum atomic E-state index is 12.6. The molecule has 1 N–H and O–H groups in total. The lowest BCUT2D eigenvalue weighted by Crippen LogP contribution is -2.42. The van der Waals surface area contributed by atoms with Gasteiger partial charge in [0.25, 0.3) is 5.91 Å². The molecule has 1 aromatic heterocycles. The second-order valence-electron chi connectivity index (χ2n) is 7.00. The van der Waals surface area contributed by atoms with Gasteiger partial charge in [-0.15, -0.1) is 0 Å². The zero-order valence-electron chi connectivity index (χ0n) is 14.1. The molecular formula is C18H25N3O3. The van der Waals surface area contributed by atoms with Gasteiger partial charge >= 0.3 is 5.97 Å². The third-order valence-corrected chi connectivity index (χ3v) is 5.16. The summed E-state index contributed by atoms with van der Waals surface area (Å²) in [5, 5.41) is 9.15. The number of amides is 1. The standard InChI is InChI=1S/C18H25N3O3/c1-13-6-9-20(10-7-13)16-5-4-14(11-19-16)17(22)21-8-2-3-15(12-21)18(23)24/h4-5,11,13,15H,2-3,6-10,12H2,1H3,(H,23,24). The van der Waals surface area contributed by atoms with Crippen molar-refractivity contribution in [2.75, 3.05) is 31.1 Å². The molecule has 1 atom stereocenters. The maximum absolute atomic E-state index is 12.6. The van der Waals surface area contributed by atoms with Crippen molar-refractivity contribution in [1.29, 1.82) is 0 Å². The molecule has 1 aromatic rings. The van der Waals surface area contributed by atoms with Crippen molar-refractivity contribution < 1.29 is 14.7 Å². The number of pyridine rings is 1. The molecule has 2 fully saturated rings. The third kappa shape index (κ3) is 3.68. The quantitative estimate of drug-likeness (QED) is 0.919. The Morgan fingerprint density at radius 3 is 2.54 bits per heavy atom. The number of carbonyl (C=O) groups is 2. The Balaban J connectivity index is 1.64. The number of rotatable bonds is 3. The van der Waals surface area contributed by atoms with Gasteiger partial charge in [-0.25, -0.2) is 4.98 Å². The largest absolute Gasteiger partial charge is 0.481 e. The summed E-state index contributed by atoms with van der Waals surface area (Å²) < 4.78 is 0. The van der Waals surface area contributed by atoms with Crippen LogP contribution in [0.5, 0.6) is 0 Å². The second-order valence-corrected chi connectivity index (χ2v) is 7.00. The first kappa shape index (κ1) is 16.7. The van der Waals surface area contributed by atoms with Gasteiger partial charge in [0.05, 0.1) is 11.5 Å². The second kappa shape index (κ2) is 7.20. The summed E-state index contributed by atoms with van der Waals surface area (Å²) >= 11 is 0. The van der Waals surface area contributed by atoms with E-state index in [1.54, 1.807) is 11.1 Å². The lowest BCUT2D eigenvalue weighted by Gasteiger charge is -2.32. The molecule has 6 heteroatoms. The van der Waals surface area contributed by atoms with Gasteiger partial charge in [0, 0.05) is 32.4 Å².